The van der Waals surface area contributed by atoms with Crippen LogP contribution in [0, 0.1) is 0 Å². The molecule has 18 heavy (non-hydrogen) atoms. The molecule has 1 saturated carbocycles. The molecule has 0 radical (unpaired) electrons. The van der Waals surface area contributed by atoms with Gasteiger partial charge < -0.3 is 9.90 Å². The molecule has 1 aliphatic carbocycles. The van der Waals surface area contributed by atoms with E-state index >= 15 is 0 Å². The van der Waals surface area contributed by atoms with Crippen molar-refractivity contribution >= 4 is 17.0 Å². The first-order valence-electron chi connectivity index (χ1n) is 6.17. The van der Waals surface area contributed by atoms with Gasteiger partial charge >= 0.3 is 0 Å². The summed E-state index contributed by atoms with van der Waals surface area (Å²) in [6.45, 7) is 3.99. The predicted molar refractivity (Wildman–Crippen MR) is 64.2 cm³/mol. The summed E-state index contributed by atoms with van der Waals surface area (Å²) in [5, 5.41) is 16.0. The Morgan fingerprint density at radius 1 is 1.50 bits per heavy atom. The second-order valence-electron chi connectivity index (χ2n) is 5.08. The molecule has 1 aliphatic rings. The minimum Gasteiger partial charge on any atom is -0.545 e. The monoisotopic (exact) mass is 244 g/mol. The maximum atomic E-state index is 11.2. The molecule has 2 aromatic heterocycles. The molecule has 0 spiro atoms. The van der Waals surface area contributed by atoms with Gasteiger partial charge in [0.05, 0.1) is 12.2 Å². The lowest BCUT2D eigenvalue weighted by molar-refractivity contribution is -0.254. The van der Waals surface area contributed by atoms with Crippen LogP contribution in [0.4, 0.5) is 0 Å². The Kier molecular flexibility index (Phi) is 2.36. The Labute approximate surface area is 104 Å². The minimum atomic E-state index is -1.16. The SMILES string of the molecule is CC(C)n1ncc2c(C(=O)[O-])cc(C3CC3)nc21. The van der Waals surface area contributed by atoms with E-state index in [2.05, 4.69) is 10.1 Å². The molecule has 2 heterocycles. The van der Waals surface area contributed by atoms with Crippen LogP contribution in [0.25, 0.3) is 11.0 Å². The molecule has 3 rings (SSSR count). The van der Waals surface area contributed by atoms with Gasteiger partial charge in [0, 0.05) is 28.6 Å². The lowest BCUT2D eigenvalue weighted by Gasteiger charge is -2.10. The van der Waals surface area contributed by atoms with Crippen LogP contribution in [0.15, 0.2) is 12.3 Å². The van der Waals surface area contributed by atoms with Crippen LogP contribution in [0.3, 0.4) is 0 Å². The molecule has 0 aromatic carbocycles. The third-order valence-electron chi connectivity index (χ3n) is 3.29. The van der Waals surface area contributed by atoms with Crippen molar-refractivity contribution in [3.05, 3.63) is 23.5 Å². The number of carboxylic acids is 1. The van der Waals surface area contributed by atoms with Gasteiger partial charge in [-0.25, -0.2) is 9.67 Å². The molecule has 0 bridgehead atoms. The number of carbonyl (C=O) groups is 1. The number of hydrogen-bond donors (Lipinski definition) is 0. The van der Waals surface area contributed by atoms with Gasteiger partial charge in [0.1, 0.15) is 0 Å². The molecular weight excluding hydrogens is 230 g/mol. The van der Waals surface area contributed by atoms with Crippen molar-refractivity contribution in [2.75, 3.05) is 0 Å². The van der Waals surface area contributed by atoms with Crippen LogP contribution in [0.5, 0.6) is 0 Å². The zero-order chi connectivity index (χ0) is 12.9. The van der Waals surface area contributed by atoms with Crippen LogP contribution < -0.4 is 5.11 Å². The van der Waals surface area contributed by atoms with Crippen molar-refractivity contribution < 1.29 is 9.90 Å². The number of nitrogens with zero attached hydrogens (tertiary/aromatic N) is 3. The van der Waals surface area contributed by atoms with Crippen molar-refractivity contribution in [2.45, 2.75) is 38.6 Å². The molecule has 94 valence electrons. The van der Waals surface area contributed by atoms with Crippen LogP contribution in [0.2, 0.25) is 0 Å². The first-order valence-corrected chi connectivity index (χ1v) is 6.17. The van der Waals surface area contributed by atoms with Gasteiger partial charge in [-0.3, -0.25) is 0 Å². The summed E-state index contributed by atoms with van der Waals surface area (Å²) in [7, 11) is 0. The Hall–Kier alpha value is -1.91. The van der Waals surface area contributed by atoms with Crippen molar-refractivity contribution in [2.24, 2.45) is 0 Å². The molecule has 0 N–H and O–H groups in total. The molecule has 5 heteroatoms. The number of carbonyl (C=O) groups excluding carboxylic acids is 1. The molecule has 0 amide bonds. The molecule has 0 unspecified atom stereocenters. The number of fused-ring (bicyclic) bond motifs is 1. The molecule has 2 aromatic rings. The molecule has 1 fully saturated rings. The van der Waals surface area contributed by atoms with E-state index in [-0.39, 0.29) is 11.6 Å². The number of hydrogen-bond acceptors (Lipinski definition) is 4. The number of rotatable bonds is 3. The van der Waals surface area contributed by atoms with Crippen molar-refractivity contribution in [3.8, 4) is 0 Å². The average Bonchev–Trinajstić information content (AvgIpc) is 3.07. The number of aromatic carboxylic acids is 1. The van der Waals surface area contributed by atoms with Gasteiger partial charge in [0.2, 0.25) is 0 Å². The van der Waals surface area contributed by atoms with Crippen molar-refractivity contribution in [1.82, 2.24) is 14.8 Å². The van der Waals surface area contributed by atoms with Gasteiger partial charge in [0.25, 0.3) is 0 Å². The maximum Gasteiger partial charge on any atom is 0.158 e. The average molecular weight is 244 g/mol. The molecule has 0 atom stereocenters. The Balaban J connectivity index is 2.28. The summed E-state index contributed by atoms with van der Waals surface area (Å²) in [6, 6.07) is 1.79. The largest absolute Gasteiger partial charge is 0.545 e. The van der Waals surface area contributed by atoms with E-state index < -0.39 is 5.97 Å². The van der Waals surface area contributed by atoms with Crippen LogP contribution >= 0.6 is 0 Å². The zero-order valence-corrected chi connectivity index (χ0v) is 10.4. The number of carboxylic acid groups (broad SMARTS) is 1. The fraction of sp³-hybridized carbons (Fsp3) is 0.462. The van der Waals surface area contributed by atoms with Gasteiger partial charge in [-0.05, 0) is 32.8 Å². The second-order valence-corrected chi connectivity index (χ2v) is 5.08. The van der Waals surface area contributed by atoms with Gasteiger partial charge in [-0.2, -0.15) is 5.10 Å². The maximum absolute atomic E-state index is 11.2. The second kappa shape index (κ2) is 3.80. The van der Waals surface area contributed by atoms with Gasteiger partial charge in [-0.1, -0.05) is 0 Å². The van der Waals surface area contributed by atoms with E-state index in [0.29, 0.717) is 17.0 Å². The summed E-state index contributed by atoms with van der Waals surface area (Å²) in [6.07, 6.45) is 3.73. The molecule has 0 aliphatic heterocycles. The highest BCUT2D eigenvalue weighted by atomic mass is 16.4. The van der Waals surface area contributed by atoms with Crippen LogP contribution in [-0.4, -0.2) is 20.7 Å². The summed E-state index contributed by atoms with van der Waals surface area (Å²) in [4.78, 5) is 15.8. The summed E-state index contributed by atoms with van der Waals surface area (Å²) in [5.74, 6) is -0.754. The highest BCUT2D eigenvalue weighted by molar-refractivity contribution is 6.00. The lowest BCUT2D eigenvalue weighted by Crippen LogP contribution is -2.23. The zero-order valence-electron chi connectivity index (χ0n) is 10.4. The van der Waals surface area contributed by atoms with Crippen molar-refractivity contribution in [3.63, 3.8) is 0 Å². The van der Waals surface area contributed by atoms with E-state index in [1.165, 1.54) is 0 Å². The topological polar surface area (TPSA) is 70.8 Å². The van der Waals surface area contributed by atoms with Gasteiger partial charge in [-0.15, -0.1) is 0 Å². The fourth-order valence-electron chi connectivity index (χ4n) is 2.17. The van der Waals surface area contributed by atoms with E-state index in [1.807, 2.05) is 13.8 Å². The number of pyridine rings is 1. The minimum absolute atomic E-state index is 0.152. The highest BCUT2D eigenvalue weighted by Gasteiger charge is 2.27. The standard InChI is InChI=1S/C13H15N3O2/c1-7(2)16-12-10(6-14-16)9(13(17)18)5-11(15-12)8-3-4-8/h5-8H,3-4H2,1-2H3,(H,17,18)/p-1. The van der Waals surface area contributed by atoms with E-state index in [0.717, 1.165) is 18.5 Å². The van der Waals surface area contributed by atoms with Crippen molar-refractivity contribution in [1.29, 1.82) is 0 Å². The van der Waals surface area contributed by atoms with E-state index in [1.54, 1.807) is 16.9 Å². The fourth-order valence-corrected chi connectivity index (χ4v) is 2.17. The summed E-state index contributed by atoms with van der Waals surface area (Å²) < 4.78 is 1.76. The Bertz CT molecular complexity index is 626. The lowest BCUT2D eigenvalue weighted by atomic mass is 10.1. The first kappa shape index (κ1) is 11.2. The van der Waals surface area contributed by atoms with E-state index in [9.17, 15) is 9.90 Å². The first-order chi connectivity index (χ1) is 8.58. The predicted octanol–water partition coefficient (Wildman–Crippen LogP) is 1.25. The summed E-state index contributed by atoms with van der Waals surface area (Å²) >= 11 is 0. The third kappa shape index (κ3) is 1.66. The normalized spacial score (nSPS) is 15.5. The molecule has 0 saturated heterocycles. The summed E-state index contributed by atoms with van der Waals surface area (Å²) in [5.41, 5.74) is 1.70. The molecular formula is C13H14N3O2-. The Morgan fingerprint density at radius 3 is 2.78 bits per heavy atom. The highest BCUT2D eigenvalue weighted by Crippen LogP contribution is 2.40. The van der Waals surface area contributed by atoms with E-state index in [4.69, 9.17) is 0 Å². The quantitative estimate of drug-likeness (QED) is 0.814. The van der Waals surface area contributed by atoms with Crippen LogP contribution in [0.1, 0.15) is 54.7 Å². The molecule has 5 nitrogen and oxygen atoms in total. The van der Waals surface area contributed by atoms with Crippen LogP contribution in [-0.2, 0) is 0 Å². The van der Waals surface area contributed by atoms with Gasteiger partial charge in [0.15, 0.2) is 5.65 Å². The Morgan fingerprint density at radius 2 is 2.22 bits per heavy atom. The number of aromatic nitrogens is 3. The third-order valence-corrected chi connectivity index (χ3v) is 3.29. The smallest absolute Gasteiger partial charge is 0.158 e.